The normalized spacial score (nSPS) is 10.2. The van der Waals surface area contributed by atoms with Crippen molar-refractivity contribution in [2.45, 2.75) is 5.33 Å². The summed E-state index contributed by atoms with van der Waals surface area (Å²) in [6.45, 7) is 0. The van der Waals surface area contributed by atoms with Crippen molar-refractivity contribution in [2.24, 2.45) is 0 Å². The molecule has 17 heavy (non-hydrogen) atoms. The molecule has 5 heteroatoms. The highest BCUT2D eigenvalue weighted by atomic mass is 79.9. The highest BCUT2D eigenvalue weighted by Gasteiger charge is 2.09. The van der Waals surface area contributed by atoms with Gasteiger partial charge in [0.25, 0.3) is 0 Å². The van der Waals surface area contributed by atoms with Crippen molar-refractivity contribution >= 4 is 33.2 Å². The molecule has 0 aliphatic carbocycles. The van der Waals surface area contributed by atoms with Gasteiger partial charge in [0.1, 0.15) is 5.01 Å². The standard InChI is InChI=1S/C12H10BrNO2S/c1-16-12(15)9-4-2-3-8(5-9)11-14-10(6-13)7-17-11/h2-5,7H,6H2,1H3. The zero-order valence-electron chi connectivity index (χ0n) is 9.14. The van der Waals surface area contributed by atoms with E-state index in [4.69, 9.17) is 4.74 Å². The van der Waals surface area contributed by atoms with E-state index in [1.54, 1.807) is 23.5 Å². The largest absolute Gasteiger partial charge is 0.465 e. The van der Waals surface area contributed by atoms with Crippen LogP contribution in [0.2, 0.25) is 0 Å². The van der Waals surface area contributed by atoms with Gasteiger partial charge in [-0.2, -0.15) is 0 Å². The molecule has 0 spiro atoms. The minimum Gasteiger partial charge on any atom is -0.465 e. The van der Waals surface area contributed by atoms with Crippen molar-refractivity contribution < 1.29 is 9.53 Å². The Labute approximate surface area is 112 Å². The predicted octanol–water partition coefficient (Wildman–Crippen LogP) is 3.49. The molecule has 2 aromatic rings. The number of carbonyl (C=O) groups excluding carboxylic acids is 1. The van der Waals surface area contributed by atoms with Crippen LogP contribution in [0.3, 0.4) is 0 Å². The molecule has 0 N–H and O–H groups in total. The lowest BCUT2D eigenvalue weighted by Gasteiger charge is -2.01. The fourth-order valence-electron chi connectivity index (χ4n) is 1.40. The Bertz CT molecular complexity index is 539. The van der Waals surface area contributed by atoms with Crippen LogP contribution in [0.1, 0.15) is 16.1 Å². The number of alkyl halides is 1. The van der Waals surface area contributed by atoms with Gasteiger partial charge in [0.05, 0.1) is 18.4 Å². The summed E-state index contributed by atoms with van der Waals surface area (Å²) >= 11 is 4.92. The highest BCUT2D eigenvalue weighted by Crippen LogP contribution is 2.25. The zero-order chi connectivity index (χ0) is 12.3. The van der Waals surface area contributed by atoms with E-state index in [0.29, 0.717) is 5.56 Å². The van der Waals surface area contributed by atoms with E-state index in [1.165, 1.54) is 7.11 Å². The van der Waals surface area contributed by atoms with E-state index < -0.39 is 0 Å². The molecule has 1 aromatic carbocycles. The van der Waals surface area contributed by atoms with Gasteiger partial charge >= 0.3 is 5.97 Å². The van der Waals surface area contributed by atoms with Crippen molar-refractivity contribution in [3.05, 3.63) is 40.9 Å². The molecule has 88 valence electrons. The highest BCUT2D eigenvalue weighted by molar-refractivity contribution is 9.08. The quantitative estimate of drug-likeness (QED) is 0.643. The average molecular weight is 312 g/mol. The lowest BCUT2D eigenvalue weighted by atomic mass is 10.1. The summed E-state index contributed by atoms with van der Waals surface area (Å²) in [4.78, 5) is 15.9. The summed E-state index contributed by atoms with van der Waals surface area (Å²) in [5, 5.41) is 3.64. The van der Waals surface area contributed by atoms with Crippen LogP contribution in [0.4, 0.5) is 0 Å². The molecule has 1 aromatic heterocycles. The first-order valence-electron chi connectivity index (χ1n) is 4.93. The summed E-state index contributed by atoms with van der Waals surface area (Å²) in [7, 11) is 1.38. The molecule has 0 aliphatic heterocycles. The maximum absolute atomic E-state index is 11.4. The van der Waals surface area contributed by atoms with Crippen LogP contribution in [0, 0.1) is 0 Å². The van der Waals surface area contributed by atoms with Crippen molar-refractivity contribution in [1.29, 1.82) is 0 Å². The Morgan fingerprint density at radius 1 is 1.53 bits per heavy atom. The van der Waals surface area contributed by atoms with Crippen LogP contribution in [0.15, 0.2) is 29.6 Å². The summed E-state index contributed by atoms with van der Waals surface area (Å²) < 4.78 is 4.69. The van der Waals surface area contributed by atoms with Crippen molar-refractivity contribution in [3.8, 4) is 10.6 Å². The molecule has 0 saturated heterocycles. The lowest BCUT2D eigenvalue weighted by Crippen LogP contribution is -2.00. The average Bonchev–Trinajstić information content (AvgIpc) is 2.86. The fraction of sp³-hybridized carbons (Fsp3) is 0.167. The summed E-state index contributed by atoms with van der Waals surface area (Å²) in [6.07, 6.45) is 0. The second-order valence-corrected chi connectivity index (χ2v) is 4.77. The molecule has 1 heterocycles. The Morgan fingerprint density at radius 2 is 2.35 bits per heavy atom. The topological polar surface area (TPSA) is 39.2 Å². The summed E-state index contributed by atoms with van der Waals surface area (Å²) in [5.41, 5.74) is 2.47. The van der Waals surface area contributed by atoms with E-state index >= 15 is 0 Å². The van der Waals surface area contributed by atoms with Gasteiger partial charge in [-0.15, -0.1) is 11.3 Å². The van der Waals surface area contributed by atoms with Crippen LogP contribution in [0.25, 0.3) is 10.6 Å². The third-order valence-electron chi connectivity index (χ3n) is 2.22. The predicted molar refractivity (Wildman–Crippen MR) is 71.5 cm³/mol. The molecule has 0 atom stereocenters. The number of aromatic nitrogens is 1. The molecule has 0 fully saturated rings. The number of carbonyl (C=O) groups is 1. The first-order chi connectivity index (χ1) is 8.24. The third-order valence-corrected chi connectivity index (χ3v) is 3.73. The van der Waals surface area contributed by atoms with Crippen LogP contribution in [-0.4, -0.2) is 18.1 Å². The van der Waals surface area contributed by atoms with Gasteiger partial charge in [-0.05, 0) is 12.1 Å². The van der Waals surface area contributed by atoms with Gasteiger partial charge in [0, 0.05) is 16.3 Å². The third kappa shape index (κ3) is 2.73. The van der Waals surface area contributed by atoms with Crippen molar-refractivity contribution in [1.82, 2.24) is 4.98 Å². The molecule has 3 nitrogen and oxygen atoms in total. The Morgan fingerprint density at radius 3 is 3.00 bits per heavy atom. The van der Waals surface area contributed by atoms with Gasteiger partial charge in [-0.1, -0.05) is 28.1 Å². The minimum absolute atomic E-state index is 0.330. The zero-order valence-corrected chi connectivity index (χ0v) is 11.5. The number of esters is 1. The van der Waals surface area contributed by atoms with E-state index in [0.717, 1.165) is 21.6 Å². The molecule has 0 bridgehead atoms. The molecule has 0 aliphatic rings. The Kier molecular flexibility index (Phi) is 3.91. The number of halogens is 1. The molecule has 0 unspecified atom stereocenters. The first kappa shape index (κ1) is 12.3. The van der Waals surface area contributed by atoms with Crippen molar-refractivity contribution in [2.75, 3.05) is 7.11 Å². The van der Waals surface area contributed by atoms with Crippen LogP contribution in [0.5, 0.6) is 0 Å². The molecular weight excluding hydrogens is 302 g/mol. The van der Waals surface area contributed by atoms with Gasteiger partial charge in [0.2, 0.25) is 0 Å². The molecule has 0 saturated carbocycles. The second-order valence-electron chi connectivity index (χ2n) is 3.35. The summed E-state index contributed by atoms with van der Waals surface area (Å²) in [5.74, 6) is -0.330. The maximum atomic E-state index is 11.4. The number of rotatable bonds is 3. The molecular formula is C12H10BrNO2S. The maximum Gasteiger partial charge on any atom is 0.337 e. The van der Waals surface area contributed by atoms with E-state index in [1.807, 2.05) is 17.5 Å². The Hall–Kier alpha value is -1.20. The fourth-order valence-corrected chi connectivity index (χ4v) is 2.72. The number of nitrogens with zero attached hydrogens (tertiary/aromatic N) is 1. The number of ether oxygens (including phenoxy) is 1. The molecule has 0 radical (unpaired) electrons. The van der Waals surface area contributed by atoms with E-state index in [-0.39, 0.29) is 5.97 Å². The SMILES string of the molecule is COC(=O)c1cccc(-c2nc(CBr)cs2)c1. The molecule has 0 amide bonds. The molecule has 2 rings (SSSR count). The summed E-state index contributed by atoms with van der Waals surface area (Å²) in [6, 6.07) is 7.29. The van der Waals surface area contributed by atoms with Crippen LogP contribution in [-0.2, 0) is 10.1 Å². The number of benzene rings is 1. The smallest absolute Gasteiger partial charge is 0.337 e. The number of hydrogen-bond donors (Lipinski definition) is 0. The number of hydrogen-bond acceptors (Lipinski definition) is 4. The number of thiazole rings is 1. The van der Waals surface area contributed by atoms with Gasteiger partial charge in [0.15, 0.2) is 0 Å². The lowest BCUT2D eigenvalue weighted by molar-refractivity contribution is 0.0601. The van der Waals surface area contributed by atoms with Crippen LogP contribution < -0.4 is 0 Å². The monoisotopic (exact) mass is 311 g/mol. The van der Waals surface area contributed by atoms with Gasteiger partial charge in [-0.3, -0.25) is 0 Å². The Balaban J connectivity index is 2.35. The van der Waals surface area contributed by atoms with Gasteiger partial charge < -0.3 is 4.74 Å². The van der Waals surface area contributed by atoms with Crippen LogP contribution >= 0.6 is 27.3 Å². The van der Waals surface area contributed by atoms with E-state index in [2.05, 4.69) is 20.9 Å². The van der Waals surface area contributed by atoms with E-state index in [9.17, 15) is 4.79 Å². The van der Waals surface area contributed by atoms with Gasteiger partial charge in [-0.25, -0.2) is 9.78 Å². The van der Waals surface area contributed by atoms with Crippen molar-refractivity contribution in [3.63, 3.8) is 0 Å². The second kappa shape index (κ2) is 5.42. The number of methoxy groups -OCH3 is 1. The minimum atomic E-state index is -0.330. The first-order valence-corrected chi connectivity index (χ1v) is 6.94.